The van der Waals surface area contributed by atoms with Crippen LogP contribution in [0, 0.1) is 12.3 Å². The molecule has 0 radical (unpaired) electrons. The Balaban J connectivity index is 1.79. The monoisotopic (exact) mass is 364 g/mol. The molecule has 2 aromatic carbocycles. The number of benzene rings is 2. The molecule has 1 atom stereocenters. The van der Waals surface area contributed by atoms with Gasteiger partial charge in [0.1, 0.15) is 11.6 Å². The van der Waals surface area contributed by atoms with Gasteiger partial charge in [0, 0.05) is 22.6 Å². The first-order chi connectivity index (χ1) is 12.6. The van der Waals surface area contributed by atoms with E-state index in [2.05, 4.69) is 10.2 Å². The summed E-state index contributed by atoms with van der Waals surface area (Å²) in [7, 11) is 0. The third kappa shape index (κ3) is 3.04. The van der Waals surface area contributed by atoms with Gasteiger partial charge in [-0.3, -0.25) is 5.41 Å². The van der Waals surface area contributed by atoms with Crippen LogP contribution < -0.4 is 10.5 Å². The number of ether oxygens (including phenoxy) is 1. The second kappa shape index (κ2) is 6.61. The lowest BCUT2D eigenvalue weighted by atomic mass is 10.1. The summed E-state index contributed by atoms with van der Waals surface area (Å²) in [5, 5.41) is 16.6. The zero-order chi connectivity index (χ0) is 18.1. The summed E-state index contributed by atoms with van der Waals surface area (Å²) < 4.78 is 12.9. The summed E-state index contributed by atoms with van der Waals surface area (Å²) in [6, 6.07) is 17.4. The number of fused-ring (bicyclic) bond motifs is 1. The minimum atomic E-state index is -0.524. The van der Waals surface area contributed by atoms with E-state index in [-0.39, 0.29) is 5.84 Å². The molecule has 0 saturated carbocycles. The lowest BCUT2D eigenvalue weighted by molar-refractivity contribution is 0.208. The second-order valence-corrected chi connectivity index (χ2v) is 6.84. The summed E-state index contributed by atoms with van der Waals surface area (Å²) >= 11 is 1.46. The number of amidine groups is 1. The Bertz CT molecular complexity index is 1070. The molecule has 4 aromatic rings. The third-order valence-corrected chi connectivity index (χ3v) is 5.03. The van der Waals surface area contributed by atoms with Crippen molar-refractivity contribution in [1.29, 1.82) is 5.41 Å². The average molecular weight is 364 g/mol. The van der Waals surface area contributed by atoms with E-state index < -0.39 is 6.10 Å². The number of aryl methyl sites for hydroxylation is 1. The first-order valence-corrected chi connectivity index (χ1v) is 8.82. The third-order valence-electron chi connectivity index (χ3n) is 3.90. The van der Waals surface area contributed by atoms with Gasteiger partial charge in [-0.2, -0.15) is 0 Å². The number of hydrogen-bond donors (Lipinski definition) is 2. The predicted octanol–water partition coefficient (Wildman–Crippen LogP) is 4.05. The Labute approximate surface area is 153 Å². The normalized spacial score (nSPS) is 12.2. The molecular weight excluding hydrogens is 348 g/mol. The Kier molecular flexibility index (Phi) is 4.14. The molecule has 0 aliphatic carbocycles. The number of aromatic nitrogens is 2. The first-order valence-electron chi connectivity index (χ1n) is 8.00. The quantitative estimate of drug-likeness (QED) is 0.411. The van der Waals surface area contributed by atoms with Gasteiger partial charge in [-0.15, -0.1) is 21.5 Å². The molecule has 6 nitrogen and oxygen atoms in total. The van der Waals surface area contributed by atoms with Crippen LogP contribution in [0.4, 0.5) is 0 Å². The number of nitrogens with one attached hydrogen (secondary N) is 1. The van der Waals surface area contributed by atoms with Crippen molar-refractivity contribution < 1.29 is 9.15 Å². The van der Waals surface area contributed by atoms with Gasteiger partial charge in [-0.05, 0) is 18.2 Å². The first kappa shape index (κ1) is 16.3. The van der Waals surface area contributed by atoms with Crippen LogP contribution in [0.1, 0.15) is 28.3 Å². The number of rotatable bonds is 5. The molecule has 0 bridgehead atoms. The van der Waals surface area contributed by atoms with Crippen LogP contribution >= 0.6 is 11.3 Å². The molecule has 0 aliphatic rings. The Morgan fingerprint density at radius 1 is 1.15 bits per heavy atom. The van der Waals surface area contributed by atoms with Crippen molar-refractivity contribution in [3.63, 3.8) is 0 Å². The highest BCUT2D eigenvalue weighted by atomic mass is 32.1. The fourth-order valence-electron chi connectivity index (χ4n) is 2.70. The van der Waals surface area contributed by atoms with Gasteiger partial charge in [0.15, 0.2) is 0 Å². The van der Waals surface area contributed by atoms with E-state index in [1.54, 1.807) is 6.92 Å². The van der Waals surface area contributed by atoms with Crippen LogP contribution in [0.3, 0.4) is 0 Å². The highest BCUT2D eigenvalue weighted by molar-refractivity contribution is 7.20. The van der Waals surface area contributed by atoms with Gasteiger partial charge in [-0.1, -0.05) is 36.4 Å². The maximum Gasteiger partial charge on any atom is 0.261 e. The van der Waals surface area contributed by atoms with E-state index >= 15 is 0 Å². The van der Waals surface area contributed by atoms with Crippen molar-refractivity contribution in [3.8, 4) is 5.75 Å². The maximum absolute atomic E-state index is 7.67. The molecule has 0 fully saturated rings. The number of nitrogen functional groups attached to an aromatic ring is 1. The zero-order valence-electron chi connectivity index (χ0n) is 14.0. The lowest BCUT2D eigenvalue weighted by Crippen LogP contribution is -2.10. The number of nitrogens with zero attached hydrogens (tertiary/aromatic N) is 2. The molecule has 0 spiro atoms. The van der Waals surface area contributed by atoms with Crippen LogP contribution in [-0.2, 0) is 0 Å². The molecule has 3 N–H and O–H groups in total. The highest BCUT2D eigenvalue weighted by Gasteiger charge is 2.23. The van der Waals surface area contributed by atoms with Crippen molar-refractivity contribution in [3.05, 3.63) is 76.8 Å². The molecular formula is C19H16N4O2S. The maximum atomic E-state index is 7.67. The molecule has 130 valence electrons. The lowest BCUT2D eigenvalue weighted by Gasteiger charge is -2.17. The Morgan fingerprint density at radius 2 is 1.96 bits per heavy atom. The molecule has 26 heavy (non-hydrogen) atoms. The summed E-state index contributed by atoms with van der Waals surface area (Å²) in [5.74, 6) is 1.60. The topological polar surface area (TPSA) is 98.0 Å². The van der Waals surface area contributed by atoms with Crippen LogP contribution in [0.15, 0.2) is 59.0 Å². The molecule has 0 amide bonds. The molecule has 7 heteroatoms. The molecule has 2 aromatic heterocycles. The second-order valence-electron chi connectivity index (χ2n) is 5.76. The van der Waals surface area contributed by atoms with Crippen molar-refractivity contribution in [2.24, 2.45) is 5.73 Å². The van der Waals surface area contributed by atoms with Crippen LogP contribution in [-0.4, -0.2) is 16.0 Å². The van der Waals surface area contributed by atoms with E-state index in [9.17, 15) is 0 Å². The Hall–Kier alpha value is -3.19. The van der Waals surface area contributed by atoms with Crippen molar-refractivity contribution in [2.75, 3.05) is 0 Å². The van der Waals surface area contributed by atoms with E-state index in [4.69, 9.17) is 20.3 Å². The summed E-state index contributed by atoms with van der Waals surface area (Å²) in [6.45, 7) is 1.75. The van der Waals surface area contributed by atoms with Gasteiger partial charge in [0.2, 0.25) is 12.0 Å². The Morgan fingerprint density at radius 3 is 2.65 bits per heavy atom. The van der Waals surface area contributed by atoms with Crippen LogP contribution in [0.2, 0.25) is 0 Å². The standard InChI is InChI=1S/C19H16N4O2S/c1-11-22-23-19(24-11)17(12-6-3-2-4-7-12)25-14-8-5-9-15-13(14)10-16(26-15)18(20)21/h2-10,17H,1H3,(H3,20,21). The van der Waals surface area contributed by atoms with Crippen molar-refractivity contribution in [2.45, 2.75) is 13.0 Å². The molecule has 0 saturated heterocycles. The minimum absolute atomic E-state index is 0.0456. The number of nitrogens with two attached hydrogens (primary N) is 1. The van der Waals surface area contributed by atoms with E-state index in [0.717, 1.165) is 15.6 Å². The summed E-state index contributed by atoms with van der Waals surface area (Å²) in [5.41, 5.74) is 6.55. The van der Waals surface area contributed by atoms with E-state index in [1.807, 2.05) is 54.6 Å². The van der Waals surface area contributed by atoms with Crippen LogP contribution in [0.25, 0.3) is 10.1 Å². The van der Waals surface area contributed by atoms with Crippen molar-refractivity contribution in [1.82, 2.24) is 10.2 Å². The molecule has 2 heterocycles. The van der Waals surface area contributed by atoms with Gasteiger partial charge in [-0.25, -0.2) is 0 Å². The van der Waals surface area contributed by atoms with Gasteiger partial charge < -0.3 is 14.9 Å². The van der Waals surface area contributed by atoms with E-state index in [1.165, 1.54) is 11.3 Å². The smallest absolute Gasteiger partial charge is 0.261 e. The average Bonchev–Trinajstić information content (AvgIpc) is 3.27. The van der Waals surface area contributed by atoms with Crippen LogP contribution in [0.5, 0.6) is 5.75 Å². The van der Waals surface area contributed by atoms with Crippen molar-refractivity contribution >= 4 is 27.3 Å². The fourth-order valence-corrected chi connectivity index (χ4v) is 3.64. The fraction of sp³-hybridized carbons (Fsp3) is 0.105. The van der Waals surface area contributed by atoms with Gasteiger partial charge in [0.25, 0.3) is 5.89 Å². The van der Waals surface area contributed by atoms with Gasteiger partial charge in [0.05, 0.1) is 4.88 Å². The van der Waals surface area contributed by atoms with E-state index in [0.29, 0.717) is 22.4 Å². The molecule has 0 aliphatic heterocycles. The number of hydrogen-bond acceptors (Lipinski definition) is 6. The SMILES string of the molecule is Cc1nnc(C(Oc2cccc3sc(C(=N)N)cc23)c2ccccc2)o1. The highest BCUT2D eigenvalue weighted by Crippen LogP contribution is 2.36. The molecule has 1 unspecified atom stereocenters. The minimum Gasteiger partial charge on any atom is -0.475 e. The predicted molar refractivity (Wildman–Crippen MR) is 101 cm³/mol. The largest absolute Gasteiger partial charge is 0.475 e. The zero-order valence-corrected chi connectivity index (χ0v) is 14.8. The summed E-state index contributed by atoms with van der Waals surface area (Å²) in [6.07, 6.45) is -0.524. The molecule has 4 rings (SSSR count). The summed E-state index contributed by atoms with van der Waals surface area (Å²) in [4.78, 5) is 0.709. The van der Waals surface area contributed by atoms with Gasteiger partial charge >= 0.3 is 0 Å². The number of thiophene rings is 1.